The molecule has 0 aromatic carbocycles. The number of rotatable bonds is 7. The number of ether oxygens (including phenoxy) is 1. The van der Waals surface area contributed by atoms with Gasteiger partial charge in [-0.2, -0.15) is 0 Å². The summed E-state index contributed by atoms with van der Waals surface area (Å²) < 4.78 is 5.14. The average molecular weight is 291 g/mol. The first-order valence-corrected chi connectivity index (χ1v) is 7.72. The van der Waals surface area contributed by atoms with E-state index in [0.717, 1.165) is 25.8 Å². The molecule has 0 amide bonds. The maximum Gasteiger partial charge on any atom is 0.341 e. The quantitative estimate of drug-likeness (QED) is 0.782. The van der Waals surface area contributed by atoms with Gasteiger partial charge in [0.25, 0.3) is 0 Å². The van der Waals surface area contributed by atoms with Gasteiger partial charge in [0.05, 0.1) is 18.5 Å². The number of hydrogen-bond donors (Lipinski definition) is 1. The summed E-state index contributed by atoms with van der Waals surface area (Å²) in [5, 5.41) is 0. The van der Waals surface area contributed by atoms with Crippen LogP contribution in [0.15, 0.2) is 12.3 Å². The Labute approximate surface area is 126 Å². The Hall–Kier alpha value is -1.78. The molecule has 0 unspecified atom stereocenters. The molecule has 1 aliphatic carbocycles. The first-order valence-electron chi connectivity index (χ1n) is 7.72. The average Bonchev–Trinajstić information content (AvgIpc) is 3.25. The molecule has 2 N–H and O–H groups in total. The summed E-state index contributed by atoms with van der Waals surface area (Å²) in [6.45, 7) is 7.46. The summed E-state index contributed by atoms with van der Waals surface area (Å²) in [5.74, 6) is 0.986. The van der Waals surface area contributed by atoms with E-state index in [1.54, 1.807) is 19.2 Å². The number of esters is 1. The predicted molar refractivity (Wildman–Crippen MR) is 84.4 cm³/mol. The van der Waals surface area contributed by atoms with Crippen molar-refractivity contribution in [2.45, 2.75) is 46.1 Å². The van der Waals surface area contributed by atoms with E-state index in [0.29, 0.717) is 35.6 Å². The third-order valence-electron chi connectivity index (χ3n) is 3.59. The lowest BCUT2D eigenvalue weighted by Gasteiger charge is -2.26. The van der Waals surface area contributed by atoms with Crippen LogP contribution in [0.1, 0.15) is 50.4 Å². The van der Waals surface area contributed by atoms with Crippen molar-refractivity contribution in [3.05, 3.63) is 17.8 Å². The molecule has 0 atom stereocenters. The van der Waals surface area contributed by atoms with Crippen LogP contribution in [0, 0.1) is 5.92 Å². The van der Waals surface area contributed by atoms with Crippen molar-refractivity contribution in [2.24, 2.45) is 5.92 Å². The lowest BCUT2D eigenvalue weighted by atomic mass is 10.1. The van der Waals surface area contributed by atoms with Crippen molar-refractivity contribution < 1.29 is 9.53 Å². The Bertz CT molecular complexity index is 498. The Morgan fingerprint density at radius 1 is 1.52 bits per heavy atom. The van der Waals surface area contributed by atoms with Crippen LogP contribution in [0.5, 0.6) is 0 Å². The van der Waals surface area contributed by atoms with Crippen LogP contribution < -0.4 is 10.6 Å². The monoisotopic (exact) mass is 291 g/mol. The third kappa shape index (κ3) is 4.09. The summed E-state index contributed by atoms with van der Waals surface area (Å²) in [5.41, 5.74) is 6.75. The molecule has 1 aliphatic rings. The molecule has 1 fully saturated rings. The Balaban J connectivity index is 2.28. The minimum absolute atomic E-state index is 0.345. The second-order valence-electron chi connectivity index (χ2n) is 5.97. The van der Waals surface area contributed by atoms with E-state index in [1.807, 2.05) is 0 Å². The lowest BCUT2D eigenvalue weighted by Crippen LogP contribution is -2.30. The SMILES string of the molecule is CCOC(=O)c1cc(N)cnc1N(CCC(C)C)C1CC1. The van der Waals surface area contributed by atoms with Crippen LogP contribution in [0.2, 0.25) is 0 Å². The Morgan fingerprint density at radius 2 is 2.24 bits per heavy atom. The molecule has 0 bridgehead atoms. The minimum atomic E-state index is -0.345. The zero-order chi connectivity index (χ0) is 15.4. The van der Waals surface area contributed by atoms with Gasteiger partial charge in [-0.05, 0) is 38.2 Å². The Morgan fingerprint density at radius 3 is 2.81 bits per heavy atom. The van der Waals surface area contributed by atoms with E-state index in [4.69, 9.17) is 10.5 Å². The van der Waals surface area contributed by atoms with E-state index in [-0.39, 0.29) is 5.97 Å². The summed E-state index contributed by atoms with van der Waals surface area (Å²) in [7, 11) is 0. The van der Waals surface area contributed by atoms with Crippen molar-refractivity contribution in [3.8, 4) is 0 Å². The summed E-state index contributed by atoms with van der Waals surface area (Å²) in [4.78, 5) is 18.8. The largest absolute Gasteiger partial charge is 0.462 e. The molecule has 1 heterocycles. The molecule has 0 radical (unpaired) electrons. The van der Waals surface area contributed by atoms with Crippen LogP contribution in [0.3, 0.4) is 0 Å². The predicted octanol–water partition coefficient (Wildman–Crippen LogP) is 2.86. The van der Waals surface area contributed by atoms with E-state index in [1.165, 1.54) is 0 Å². The van der Waals surface area contributed by atoms with Crippen LogP contribution in [-0.4, -0.2) is 30.1 Å². The second kappa shape index (κ2) is 6.78. The van der Waals surface area contributed by atoms with Crippen molar-refractivity contribution >= 4 is 17.5 Å². The van der Waals surface area contributed by atoms with Gasteiger partial charge in [0, 0.05) is 12.6 Å². The van der Waals surface area contributed by atoms with Gasteiger partial charge < -0.3 is 15.4 Å². The molecule has 1 saturated carbocycles. The normalized spacial score (nSPS) is 14.3. The molecule has 0 saturated heterocycles. The highest BCUT2D eigenvalue weighted by Gasteiger charge is 2.32. The van der Waals surface area contributed by atoms with Crippen LogP contribution in [-0.2, 0) is 4.74 Å². The van der Waals surface area contributed by atoms with Crippen molar-refractivity contribution in [3.63, 3.8) is 0 Å². The number of nitrogens with two attached hydrogens (primary N) is 1. The molecule has 21 heavy (non-hydrogen) atoms. The first kappa shape index (κ1) is 15.6. The van der Waals surface area contributed by atoms with Gasteiger partial charge in [-0.15, -0.1) is 0 Å². The molecule has 0 spiro atoms. The fourth-order valence-electron chi connectivity index (χ4n) is 2.31. The van der Waals surface area contributed by atoms with Gasteiger partial charge in [-0.1, -0.05) is 13.8 Å². The number of pyridine rings is 1. The molecule has 116 valence electrons. The van der Waals surface area contributed by atoms with E-state index < -0.39 is 0 Å². The maximum atomic E-state index is 12.2. The second-order valence-corrected chi connectivity index (χ2v) is 5.97. The number of carbonyl (C=O) groups is 1. The molecule has 5 nitrogen and oxygen atoms in total. The number of nitrogens with zero attached hydrogens (tertiary/aromatic N) is 2. The number of hydrogen-bond acceptors (Lipinski definition) is 5. The van der Waals surface area contributed by atoms with Gasteiger partial charge >= 0.3 is 5.97 Å². The molecular weight excluding hydrogens is 266 g/mol. The molecular formula is C16H25N3O2. The zero-order valence-corrected chi connectivity index (χ0v) is 13.1. The van der Waals surface area contributed by atoms with Gasteiger partial charge in [-0.3, -0.25) is 0 Å². The number of nitrogen functional groups attached to an aromatic ring is 1. The molecule has 2 rings (SSSR count). The summed E-state index contributed by atoms with van der Waals surface area (Å²) in [6.07, 6.45) is 5.01. The smallest absolute Gasteiger partial charge is 0.341 e. The highest BCUT2D eigenvalue weighted by Crippen LogP contribution is 2.33. The van der Waals surface area contributed by atoms with Crippen molar-refractivity contribution in [2.75, 3.05) is 23.8 Å². The van der Waals surface area contributed by atoms with E-state index in [9.17, 15) is 4.79 Å². The summed E-state index contributed by atoms with van der Waals surface area (Å²) >= 11 is 0. The number of carbonyl (C=O) groups excluding carboxylic acids is 1. The Kier molecular flexibility index (Phi) is 5.04. The van der Waals surface area contributed by atoms with Crippen LogP contribution in [0.4, 0.5) is 11.5 Å². The highest BCUT2D eigenvalue weighted by molar-refractivity contribution is 5.95. The van der Waals surface area contributed by atoms with E-state index >= 15 is 0 Å². The molecule has 0 aliphatic heterocycles. The van der Waals surface area contributed by atoms with Crippen LogP contribution in [0.25, 0.3) is 0 Å². The molecule has 5 heteroatoms. The standard InChI is InChI=1S/C16H25N3O2/c1-4-21-16(20)14-9-12(17)10-18-15(14)19(13-5-6-13)8-7-11(2)3/h9-11,13H,4-8,17H2,1-3H3. The fraction of sp³-hybridized carbons (Fsp3) is 0.625. The molecule has 1 aromatic rings. The lowest BCUT2D eigenvalue weighted by molar-refractivity contribution is 0.0526. The van der Waals surface area contributed by atoms with Crippen LogP contribution >= 0.6 is 0 Å². The number of anilines is 2. The van der Waals surface area contributed by atoms with Gasteiger partial charge in [0.15, 0.2) is 0 Å². The topological polar surface area (TPSA) is 68.5 Å². The van der Waals surface area contributed by atoms with Crippen molar-refractivity contribution in [1.29, 1.82) is 0 Å². The first-order chi connectivity index (χ1) is 10.0. The van der Waals surface area contributed by atoms with E-state index in [2.05, 4.69) is 23.7 Å². The molecule has 1 aromatic heterocycles. The summed E-state index contributed by atoms with van der Waals surface area (Å²) in [6, 6.07) is 2.17. The third-order valence-corrected chi connectivity index (χ3v) is 3.59. The minimum Gasteiger partial charge on any atom is -0.462 e. The van der Waals surface area contributed by atoms with Gasteiger partial charge in [0.2, 0.25) is 0 Å². The van der Waals surface area contributed by atoms with Crippen molar-refractivity contribution in [1.82, 2.24) is 4.98 Å². The van der Waals surface area contributed by atoms with Gasteiger partial charge in [0.1, 0.15) is 11.4 Å². The van der Waals surface area contributed by atoms with Gasteiger partial charge in [-0.25, -0.2) is 9.78 Å². The fourth-order valence-corrected chi connectivity index (χ4v) is 2.31. The maximum absolute atomic E-state index is 12.2. The zero-order valence-electron chi connectivity index (χ0n) is 13.1. The number of aromatic nitrogens is 1. The highest BCUT2D eigenvalue weighted by atomic mass is 16.5.